The standard InChI is InChI=1S/C26H31N3O3/c1-3-28(22-7-5-4-6-8-22)26(32)20-13-15-27(16-14-20)25(31)21-17-24(30)29(18-21)23-11-9-19(2)10-12-23/h4-12,20-21H,3,13-18H2,1-2H3. The molecule has 0 aromatic heterocycles. The lowest BCUT2D eigenvalue weighted by Crippen LogP contribution is -2.46. The zero-order chi connectivity index (χ0) is 22.7. The van der Waals surface area contributed by atoms with Gasteiger partial charge in [-0.25, -0.2) is 0 Å². The van der Waals surface area contributed by atoms with Gasteiger partial charge in [-0.3, -0.25) is 14.4 Å². The third-order valence-electron chi connectivity index (χ3n) is 6.63. The first-order chi connectivity index (χ1) is 15.5. The van der Waals surface area contributed by atoms with E-state index < -0.39 is 0 Å². The van der Waals surface area contributed by atoms with Crippen LogP contribution in [-0.2, 0) is 14.4 Å². The van der Waals surface area contributed by atoms with Crippen LogP contribution in [0.5, 0.6) is 0 Å². The summed E-state index contributed by atoms with van der Waals surface area (Å²) >= 11 is 0. The molecule has 168 valence electrons. The lowest BCUT2D eigenvalue weighted by molar-refractivity contribution is -0.138. The van der Waals surface area contributed by atoms with Gasteiger partial charge in [0.15, 0.2) is 0 Å². The smallest absolute Gasteiger partial charge is 0.230 e. The van der Waals surface area contributed by atoms with E-state index in [9.17, 15) is 14.4 Å². The number of anilines is 2. The van der Waals surface area contributed by atoms with Gasteiger partial charge in [-0.05, 0) is 51.0 Å². The average molecular weight is 434 g/mol. The van der Waals surface area contributed by atoms with Crippen LogP contribution in [0.3, 0.4) is 0 Å². The van der Waals surface area contributed by atoms with Crippen LogP contribution in [0.4, 0.5) is 11.4 Å². The lowest BCUT2D eigenvalue weighted by Gasteiger charge is -2.35. The third-order valence-corrected chi connectivity index (χ3v) is 6.63. The molecular formula is C26H31N3O3. The number of hydrogen-bond donors (Lipinski definition) is 0. The van der Waals surface area contributed by atoms with Gasteiger partial charge < -0.3 is 14.7 Å². The molecule has 0 aliphatic carbocycles. The Morgan fingerprint density at radius 3 is 2.25 bits per heavy atom. The van der Waals surface area contributed by atoms with Gasteiger partial charge in [0.25, 0.3) is 0 Å². The number of nitrogens with zero attached hydrogens (tertiary/aromatic N) is 3. The van der Waals surface area contributed by atoms with Gasteiger partial charge >= 0.3 is 0 Å². The molecule has 3 amide bonds. The summed E-state index contributed by atoms with van der Waals surface area (Å²) in [5.74, 6) is -0.221. The van der Waals surface area contributed by atoms with Crippen LogP contribution in [0.15, 0.2) is 54.6 Å². The van der Waals surface area contributed by atoms with Crippen LogP contribution < -0.4 is 9.80 Å². The third kappa shape index (κ3) is 4.54. The van der Waals surface area contributed by atoms with Crippen molar-refractivity contribution in [2.45, 2.75) is 33.1 Å². The van der Waals surface area contributed by atoms with Crippen LogP contribution in [0.1, 0.15) is 31.7 Å². The predicted octanol–water partition coefficient (Wildman–Crippen LogP) is 3.64. The van der Waals surface area contributed by atoms with Crippen LogP contribution in [0.25, 0.3) is 0 Å². The van der Waals surface area contributed by atoms with Gasteiger partial charge in [0.2, 0.25) is 17.7 Å². The summed E-state index contributed by atoms with van der Waals surface area (Å²) in [5.41, 5.74) is 2.90. The SMILES string of the molecule is CCN(C(=O)C1CCN(C(=O)C2CC(=O)N(c3ccc(C)cc3)C2)CC1)c1ccccc1. The highest BCUT2D eigenvalue weighted by Crippen LogP contribution is 2.29. The summed E-state index contributed by atoms with van der Waals surface area (Å²) in [6.45, 7) is 6.18. The van der Waals surface area contributed by atoms with Crippen molar-refractivity contribution in [3.63, 3.8) is 0 Å². The second kappa shape index (κ2) is 9.55. The first-order valence-electron chi connectivity index (χ1n) is 11.5. The van der Waals surface area contributed by atoms with Crippen molar-refractivity contribution < 1.29 is 14.4 Å². The maximum Gasteiger partial charge on any atom is 0.230 e. The maximum atomic E-state index is 13.1. The van der Waals surface area contributed by atoms with Gasteiger partial charge in [-0.15, -0.1) is 0 Å². The lowest BCUT2D eigenvalue weighted by atomic mass is 9.93. The van der Waals surface area contributed by atoms with E-state index >= 15 is 0 Å². The number of piperidine rings is 1. The van der Waals surface area contributed by atoms with Crippen molar-refractivity contribution in [2.75, 3.05) is 36.0 Å². The van der Waals surface area contributed by atoms with E-state index in [4.69, 9.17) is 0 Å². The van der Waals surface area contributed by atoms with Crippen LogP contribution >= 0.6 is 0 Å². The van der Waals surface area contributed by atoms with Crippen molar-refractivity contribution in [1.82, 2.24) is 4.90 Å². The highest BCUT2D eigenvalue weighted by atomic mass is 16.2. The minimum atomic E-state index is -0.312. The van der Waals surface area contributed by atoms with E-state index in [1.807, 2.05) is 78.2 Å². The second-order valence-electron chi connectivity index (χ2n) is 8.76. The molecule has 2 aliphatic heterocycles. The molecule has 6 nitrogen and oxygen atoms in total. The normalized spacial score (nSPS) is 19.3. The topological polar surface area (TPSA) is 60.9 Å². The molecule has 0 N–H and O–H groups in total. The van der Waals surface area contributed by atoms with Gasteiger partial charge in [0.05, 0.1) is 5.92 Å². The van der Waals surface area contributed by atoms with Crippen molar-refractivity contribution in [2.24, 2.45) is 11.8 Å². The fourth-order valence-corrected chi connectivity index (χ4v) is 4.75. The van der Waals surface area contributed by atoms with E-state index in [1.54, 1.807) is 4.90 Å². The Morgan fingerprint density at radius 2 is 1.62 bits per heavy atom. The molecule has 2 aromatic rings. The summed E-state index contributed by atoms with van der Waals surface area (Å²) in [5, 5.41) is 0. The molecule has 4 rings (SSSR count). The zero-order valence-corrected chi connectivity index (χ0v) is 18.9. The first kappa shape index (κ1) is 22.1. The number of hydrogen-bond acceptors (Lipinski definition) is 3. The second-order valence-corrected chi connectivity index (χ2v) is 8.76. The Hall–Kier alpha value is -3.15. The number of likely N-dealkylation sites (tertiary alicyclic amines) is 1. The molecule has 0 saturated carbocycles. The Balaban J connectivity index is 1.34. The summed E-state index contributed by atoms with van der Waals surface area (Å²) in [4.78, 5) is 44.2. The van der Waals surface area contributed by atoms with Crippen LogP contribution in [0.2, 0.25) is 0 Å². The number of rotatable bonds is 5. The van der Waals surface area contributed by atoms with Crippen LogP contribution in [0, 0.1) is 18.8 Å². The largest absolute Gasteiger partial charge is 0.342 e. The molecule has 6 heteroatoms. The maximum absolute atomic E-state index is 13.1. The average Bonchev–Trinajstić information content (AvgIpc) is 3.22. The Morgan fingerprint density at radius 1 is 0.969 bits per heavy atom. The molecule has 0 spiro atoms. The van der Waals surface area contributed by atoms with Crippen molar-refractivity contribution in [3.05, 3.63) is 60.2 Å². The Labute approximate surface area is 189 Å². The molecule has 2 heterocycles. The fraction of sp³-hybridized carbons (Fsp3) is 0.423. The molecule has 2 fully saturated rings. The van der Waals surface area contributed by atoms with Crippen molar-refractivity contribution in [1.29, 1.82) is 0 Å². The highest BCUT2D eigenvalue weighted by molar-refractivity contribution is 6.00. The molecule has 2 aromatic carbocycles. The molecule has 0 bridgehead atoms. The van der Waals surface area contributed by atoms with Gasteiger partial charge in [-0.2, -0.15) is 0 Å². The van der Waals surface area contributed by atoms with E-state index in [1.165, 1.54) is 0 Å². The quantitative estimate of drug-likeness (QED) is 0.723. The number of carbonyl (C=O) groups excluding carboxylic acids is 3. The zero-order valence-electron chi connectivity index (χ0n) is 18.9. The van der Waals surface area contributed by atoms with E-state index in [-0.39, 0.29) is 36.0 Å². The first-order valence-corrected chi connectivity index (χ1v) is 11.5. The van der Waals surface area contributed by atoms with Gasteiger partial charge in [0, 0.05) is 49.9 Å². The predicted molar refractivity (Wildman–Crippen MR) is 125 cm³/mol. The number of para-hydroxylation sites is 1. The fourth-order valence-electron chi connectivity index (χ4n) is 4.75. The monoisotopic (exact) mass is 433 g/mol. The molecular weight excluding hydrogens is 402 g/mol. The number of aryl methyl sites for hydroxylation is 1. The molecule has 2 saturated heterocycles. The minimum absolute atomic E-state index is 0.00119. The molecule has 1 unspecified atom stereocenters. The number of amides is 3. The summed E-state index contributed by atoms with van der Waals surface area (Å²) in [6.07, 6.45) is 1.58. The Bertz CT molecular complexity index is 966. The van der Waals surface area contributed by atoms with E-state index in [0.29, 0.717) is 39.0 Å². The summed E-state index contributed by atoms with van der Waals surface area (Å²) in [6, 6.07) is 17.6. The van der Waals surface area contributed by atoms with Crippen molar-refractivity contribution >= 4 is 29.1 Å². The van der Waals surface area contributed by atoms with Crippen LogP contribution in [-0.4, -0.2) is 48.8 Å². The molecule has 1 atom stereocenters. The molecule has 32 heavy (non-hydrogen) atoms. The summed E-state index contributed by atoms with van der Waals surface area (Å²) in [7, 11) is 0. The van der Waals surface area contributed by atoms with Crippen molar-refractivity contribution in [3.8, 4) is 0 Å². The molecule has 2 aliphatic rings. The van der Waals surface area contributed by atoms with Gasteiger partial charge in [-0.1, -0.05) is 35.9 Å². The number of carbonyl (C=O) groups is 3. The minimum Gasteiger partial charge on any atom is -0.342 e. The molecule has 0 radical (unpaired) electrons. The number of benzene rings is 2. The van der Waals surface area contributed by atoms with Gasteiger partial charge in [0.1, 0.15) is 0 Å². The van der Waals surface area contributed by atoms with E-state index in [0.717, 1.165) is 16.9 Å². The Kier molecular flexibility index (Phi) is 6.58. The van der Waals surface area contributed by atoms with E-state index in [2.05, 4.69) is 0 Å². The summed E-state index contributed by atoms with van der Waals surface area (Å²) < 4.78 is 0. The highest BCUT2D eigenvalue weighted by Gasteiger charge is 2.39.